The minimum atomic E-state index is -3.41. The van der Waals surface area contributed by atoms with Crippen molar-refractivity contribution in [1.82, 2.24) is 10.0 Å². The van der Waals surface area contributed by atoms with Gasteiger partial charge in [0, 0.05) is 16.6 Å². The van der Waals surface area contributed by atoms with E-state index in [0.29, 0.717) is 8.68 Å². The van der Waals surface area contributed by atoms with Crippen molar-refractivity contribution in [3.05, 3.63) is 15.9 Å². The fourth-order valence-electron chi connectivity index (χ4n) is 2.16. The van der Waals surface area contributed by atoms with Crippen LogP contribution in [0.2, 0.25) is 0 Å². The van der Waals surface area contributed by atoms with Crippen molar-refractivity contribution in [3.63, 3.8) is 0 Å². The molecule has 0 radical (unpaired) electrons. The Morgan fingerprint density at radius 1 is 1.56 bits per heavy atom. The highest BCUT2D eigenvalue weighted by atomic mass is 79.9. The molecule has 1 aliphatic rings. The Balaban J connectivity index is 2.06. The van der Waals surface area contributed by atoms with E-state index >= 15 is 0 Å². The van der Waals surface area contributed by atoms with Gasteiger partial charge < -0.3 is 5.32 Å². The van der Waals surface area contributed by atoms with E-state index in [-0.39, 0.29) is 12.1 Å². The molecule has 102 valence electrons. The quantitative estimate of drug-likeness (QED) is 0.874. The zero-order valence-electron chi connectivity index (χ0n) is 10.1. The highest BCUT2D eigenvalue weighted by Gasteiger charge is 2.26. The van der Waals surface area contributed by atoms with Crippen LogP contribution in [-0.2, 0) is 10.0 Å². The summed E-state index contributed by atoms with van der Waals surface area (Å²) in [5, 5.41) is 5.13. The summed E-state index contributed by atoms with van der Waals surface area (Å²) in [4.78, 5) is 0. The Bertz CT molecular complexity index is 495. The van der Waals surface area contributed by atoms with Gasteiger partial charge in [0.25, 0.3) is 10.0 Å². The molecule has 1 aromatic heterocycles. The number of hydrogen-bond acceptors (Lipinski definition) is 4. The third-order valence-electron chi connectivity index (χ3n) is 3.12. The van der Waals surface area contributed by atoms with E-state index in [1.54, 1.807) is 11.4 Å². The van der Waals surface area contributed by atoms with Crippen LogP contribution in [0, 0.1) is 0 Å². The van der Waals surface area contributed by atoms with Gasteiger partial charge in [-0.1, -0.05) is 6.42 Å². The highest BCUT2D eigenvalue weighted by molar-refractivity contribution is 9.10. The molecule has 1 aliphatic heterocycles. The molecule has 0 spiro atoms. The van der Waals surface area contributed by atoms with Crippen LogP contribution in [0.1, 0.15) is 26.2 Å². The van der Waals surface area contributed by atoms with Crippen LogP contribution in [0.25, 0.3) is 0 Å². The summed E-state index contributed by atoms with van der Waals surface area (Å²) < 4.78 is 28.2. The SMILES string of the molecule is C[C@@H](NS(=O)(=O)c1sccc1Br)[C@H]1CCCCN1. The second-order valence-electron chi connectivity index (χ2n) is 4.52. The summed E-state index contributed by atoms with van der Waals surface area (Å²) in [5.41, 5.74) is 0. The van der Waals surface area contributed by atoms with E-state index in [0.717, 1.165) is 19.4 Å². The average molecular weight is 353 g/mol. The molecule has 1 fully saturated rings. The molecule has 1 aromatic rings. The molecule has 0 bridgehead atoms. The molecule has 2 atom stereocenters. The predicted octanol–water partition coefficient (Wildman–Crippen LogP) is 2.32. The summed E-state index contributed by atoms with van der Waals surface area (Å²) in [5.74, 6) is 0. The fraction of sp³-hybridized carbons (Fsp3) is 0.636. The van der Waals surface area contributed by atoms with Crippen molar-refractivity contribution >= 4 is 37.3 Å². The number of rotatable bonds is 4. The number of hydrogen-bond donors (Lipinski definition) is 2. The molecule has 0 unspecified atom stereocenters. The zero-order valence-corrected chi connectivity index (χ0v) is 13.4. The van der Waals surface area contributed by atoms with Crippen LogP contribution < -0.4 is 10.0 Å². The molecule has 2 N–H and O–H groups in total. The first-order valence-electron chi connectivity index (χ1n) is 5.99. The first-order valence-corrected chi connectivity index (χ1v) is 9.15. The number of nitrogens with one attached hydrogen (secondary N) is 2. The Morgan fingerprint density at radius 2 is 2.33 bits per heavy atom. The van der Waals surface area contributed by atoms with Crippen LogP contribution in [0.15, 0.2) is 20.1 Å². The zero-order chi connectivity index (χ0) is 13.2. The van der Waals surface area contributed by atoms with Gasteiger partial charge in [0.2, 0.25) is 0 Å². The van der Waals surface area contributed by atoms with Gasteiger partial charge in [0.05, 0.1) is 0 Å². The maximum absolute atomic E-state index is 12.2. The molecule has 2 rings (SSSR count). The molecule has 1 saturated heterocycles. The molecule has 18 heavy (non-hydrogen) atoms. The monoisotopic (exact) mass is 352 g/mol. The van der Waals surface area contributed by atoms with Gasteiger partial charge in [-0.2, -0.15) is 0 Å². The Hall–Kier alpha value is 0.0500. The summed E-state index contributed by atoms with van der Waals surface area (Å²) in [7, 11) is -3.41. The molecule has 7 heteroatoms. The number of halogens is 1. The number of piperidine rings is 1. The van der Waals surface area contributed by atoms with Gasteiger partial charge in [-0.05, 0) is 53.7 Å². The van der Waals surface area contributed by atoms with E-state index in [1.165, 1.54) is 17.8 Å². The molecule has 0 saturated carbocycles. The van der Waals surface area contributed by atoms with Crippen molar-refractivity contribution < 1.29 is 8.42 Å². The Labute approximate surface area is 120 Å². The lowest BCUT2D eigenvalue weighted by molar-refractivity contribution is 0.347. The summed E-state index contributed by atoms with van der Waals surface area (Å²) in [6.07, 6.45) is 3.36. The minimum Gasteiger partial charge on any atom is -0.312 e. The van der Waals surface area contributed by atoms with Crippen LogP contribution in [-0.4, -0.2) is 27.0 Å². The van der Waals surface area contributed by atoms with Gasteiger partial charge >= 0.3 is 0 Å². The van der Waals surface area contributed by atoms with Crippen LogP contribution >= 0.6 is 27.3 Å². The smallest absolute Gasteiger partial charge is 0.251 e. The van der Waals surface area contributed by atoms with Crippen molar-refractivity contribution in [2.75, 3.05) is 6.54 Å². The Morgan fingerprint density at radius 3 is 2.89 bits per heavy atom. The first kappa shape index (κ1) is 14.5. The van der Waals surface area contributed by atoms with E-state index in [4.69, 9.17) is 0 Å². The van der Waals surface area contributed by atoms with Gasteiger partial charge in [-0.3, -0.25) is 0 Å². The summed E-state index contributed by atoms with van der Waals surface area (Å²) in [6, 6.07) is 1.89. The molecule has 2 heterocycles. The first-order chi connectivity index (χ1) is 8.50. The maximum atomic E-state index is 12.2. The molecule has 0 aliphatic carbocycles. The van der Waals surface area contributed by atoms with Crippen molar-refractivity contribution in [3.8, 4) is 0 Å². The van der Waals surface area contributed by atoms with Crippen LogP contribution in [0.5, 0.6) is 0 Å². The lowest BCUT2D eigenvalue weighted by Gasteiger charge is -2.29. The minimum absolute atomic E-state index is 0.0932. The number of sulfonamides is 1. The summed E-state index contributed by atoms with van der Waals surface area (Å²) >= 11 is 4.49. The third-order valence-corrected chi connectivity index (χ3v) is 7.35. The second kappa shape index (κ2) is 6.00. The molecule has 0 aromatic carbocycles. The van der Waals surface area contributed by atoms with E-state index < -0.39 is 10.0 Å². The Kier molecular flexibility index (Phi) is 4.82. The van der Waals surface area contributed by atoms with Gasteiger partial charge in [0.1, 0.15) is 4.21 Å². The predicted molar refractivity (Wildman–Crippen MR) is 77.4 cm³/mol. The highest BCUT2D eigenvalue weighted by Crippen LogP contribution is 2.27. The molecular formula is C11H17BrN2O2S2. The van der Waals surface area contributed by atoms with Gasteiger partial charge in [-0.25, -0.2) is 13.1 Å². The third kappa shape index (κ3) is 3.33. The molecule has 0 amide bonds. The van der Waals surface area contributed by atoms with Crippen molar-refractivity contribution in [2.24, 2.45) is 0 Å². The maximum Gasteiger partial charge on any atom is 0.251 e. The second-order valence-corrected chi connectivity index (χ2v) is 8.20. The van der Waals surface area contributed by atoms with E-state index in [2.05, 4.69) is 26.0 Å². The van der Waals surface area contributed by atoms with Crippen LogP contribution in [0.3, 0.4) is 0 Å². The van der Waals surface area contributed by atoms with Gasteiger partial charge in [0.15, 0.2) is 0 Å². The van der Waals surface area contributed by atoms with E-state index in [9.17, 15) is 8.42 Å². The topological polar surface area (TPSA) is 58.2 Å². The summed E-state index contributed by atoms with van der Waals surface area (Å²) in [6.45, 7) is 2.89. The molecular weight excluding hydrogens is 336 g/mol. The molecule has 4 nitrogen and oxygen atoms in total. The average Bonchev–Trinajstić information content (AvgIpc) is 2.77. The largest absolute Gasteiger partial charge is 0.312 e. The fourth-order valence-corrected chi connectivity index (χ4v) is 5.80. The van der Waals surface area contributed by atoms with Crippen molar-refractivity contribution in [2.45, 2.75) is 42.5 Å². The standard InChI is InChI=1S/C11H17BrN2O2S2/c1-8(10-4-2-3-6-13-10)14-18(15,16)11-9(12)5-7-17-11/h5,7-8,10,13-14H,2-4,6H2,1H3/t8-,10-/m1/s1. The lowest BCUT2D eigenvalue weighted by Crippen LogP contribution is -2.49. The normalized spacial score (nSPS) is 22.9. The number of thiophene rings is 1. The van der Waals surface area contributed by atoms with Gasteiger partial charge in [-0.15, -0.1) is 11.3 Å². The van der Waals surface area contributed by atoms with Crippen molar-refractivity contribution in [1.29, 1.82) is 0 Å². The van der Waals surface area contributed by atoms with E-state index in [1.807, 2.05) is 6.92 Å². The lowest BCUT2D eigenvalue weighted by atomic mass is 10.00. The van der Waals surface area contributed by atoms with Crippen LogP contribution in [0.4, 0.5) is 0 Å².